The van der Waals surface area contributed by atoms with E-state index in [0.29, 0.717) is 80.9 Å². The minimum atomic E-state index is -1.40. The van der Waals surface area contributed by atoms with Crippen LogP contribution in [-0.2, 0) is 129 Å². The Balaban J connectivity index is 0.000000314. The number of aliphatic carboxylic acids is 1. The van der Waals surface area contributed by atoms with Gasteiger partial charge in [-0.05, 0) is 196 Å². The number of carbonyl (C=O) groups excluding carboxylic acids is 3. The number of para-hydroxylation sites is 3. The zero-order chi connectivity index (χ0) is 102. The van der Waals surface area contributed by atoms with Crippen molar-refractivity contribution in [2.24, 2.45) is 38.3 Å². The molecule has 2 radical (unpaired) electrons. The SMILES string of the molecule is C.CCOC(=O)Cc1ccccc1OCc1cc(-c2cccc(CN)c2)c2cnn(C)c2c1.CCOC(=O)Cc1ccccc1OCc1cc(Br)c2cnn(C)c2c1.Cl.Cn1ncc2c(-c3cccc(CN)c3)cc(COc3ccccc3CC(=O)O)cc21.NCc1cccc(B(O)O)c1.O=[C-]OO.[Cl][Pd][Cl].[K].[K].[Li+].[OH-].c1ccc(P(c2ccccc2)c2ccccc2)cc1.c1ccc(P(c2ccccc2)c2ccccc2)cc1. The first-order chi connectivity index (χ1) is 69.7. The summed E-state index contributed by atoms with van der Waals surface area (Å²) in [5, 5.41) is 58.3. The van der Waals surface area contributed by atoms with Crippen molar-refractivity contribution >= 4 is 268 Å². The summed E-state index contributed by atoms with van der Waals surface area (Å²) >= 11 is 3.48. The first-order valence-corrected chi connectivity index (χ1v) is 53.0. The second-order valence-corrected chi connectivity index (χ2v) is 39.4. The van der Waals surface area contributed by atoms with E-state index in [1.807, 2.05) is 151 Å². The van der Waals surface area contributed by atoms with Gasteiger partial charge >= 0.3 is 78.9 Å². The van der Waals surface area contributed by atoms with Crippen LogP contribution >= 0.6 is 63.2 Å². The average molecular weight is 2300 g/mol. The number of benzene rings is 15. The van der Waals surface area contributed by atoms with Crippen LogP contribution in [0.2, 0.25) is 0 Å². The van der Waals surface area contributed by atoms with E-state index >= 15 is 0 Å². The Morgan fingerprint density at radius 1 is 0.409 bits per heavy atom. The third-order valence-electron chi connectivity index (χ3n) is 22.0. The first kappa shape index (κ1) is 130. The van der Waals surface area contributed by atoms with Gasteiger partial charge in [-0.2, -0.15) is 15.3 Å². The standard InChI is InChI=1S/C26H27N3O3.C24H23N3O3.C19H19BrN2O3.2C18H15P.C7H10BNO2.CHO3.CH4.3ClH.2K.Li.H2O.Pd/c1-3-31-26(30)14-21-8-4-5-10-25(21)32-17-19-12-22(20-9-6-7-18(11-20)15-27)23-16-28-29(2)24(23)13-19;1-27-22-11-17(15-30-23-8-3-2-6-19(23)12-24(28)29)10-20(21(22)14-26-27)18-7-4-5-16(9-18)13-25;1-3-24-19(23)10-14-6-4-5-7-18(14)25-12-13-8-16(20)15-11-21-22(2)17(15)9-13;2*1-4-10-16(11-5-1)19(17-12-6-2-7-13-17)18-14-8-3-9-15-18;9-5-6-2-1-3-7(4-6)8(10)11;2-1-4-3;;;;;;;;;/h4-13,16H,3,14-15,17,27H2,1-2H3;2-11,14H,12-13,15,25H2,1H3,(H,28,29);4-9,11H,3,10,12H2,1-2H3;2*1-15H;1-4,10-11H,5,9H2;3H;1H4;3*1H;;;;1H2;/q;;;;;;-1;;;;;;;+1;;+2/p-3. The predicted molar refractivity (Wildman–Crippen MR) is 604 cm³/mol. The second kappa shape index (κ2) is 70.7. The number of carboxylic acid groups (broad SMARTS) is 1. The molecule has 11 N–H and O–H groups in total. The zero-order valence-corrected chi connectivity index (χ0v) is 96.7. The fourth-order valence-corrected chi connectivity index (χ4v) is 20.5. The smallest absolute Gasteiger partial charge is 0.870 e. The Hall–Kier alpha value is -9.48. The summed E-state index contributed by atoms with van der Waals surface area (Å²) in [5.41, 5.74) is 33.2. The van der Waals surface area contributed by atoms with E-state index in [0.717, 1.165) is 110 Å². The van der Waals surface area contributed by atoms with Gasteiger partial charge in [0.05, 0.1) is 67.6 Å². The molecule has 0 fully saturated rings. The second-order valence-electron chi connectivity index (χ2n) is 31.7. The fourth-order valence-electron chi connectivity index (χ4n) is 15.3. The van der Waals surface area contributed by atoms with E-state index in [2.05, 4.69) is 273 Å². The number of hydrogen-bond donors (Lipinski definition) is 7. The van der Waals surface area contributed by atoms with Gasteiger partial charge in [-0.3, -0.25) is 28.4 Å². The van der Waals surface area contributed by atoms with E-state index in [4.69, 9.17) is 85.1 Å². The number of aromatic nitrogens is 6. The molecule has 15 aromatic carbocycles. The van der Waals surface area contributed by atoms with Crippen molar-refractivity contribution in [1.82, 2.24) is 29.3 Å². The van der Waals surface area contributed by atoms with Crippen molar-refractivity contribution in [2.45, 2.75) is 80.0 Å². The zero-order valence-electron chi connectivity index (χ0n) is 83.2. The number of halogens is 4. The number of rotatable bonds is 30. The van der Waals surface area contributed by atoms with E-state index < -0.39 is 28.9 Å². The number of nitrogens with two attached hydrogens (primary N) is 3. The first-order valence-electron chi connectivity index (χ1n) is 45.5. The van der Waals surface area contributed by atoms with Crippen LogP contribution in [-0.4, -0.2) is 203 Å². The summed E-state index contributed by atoms with van der Waals surface area (Å²) in [6.07, 6.45) is 5.90. The van der Waals surface area contributed by atoms with Crippen LogP contribution in [0.25, 0.3) is 55.0 Å². The normalized spacial score (nSPS) is 10.1. The molecule has 3 heterocycles. The molecule has 149 heavy (non-hydrogen) atoms. The number of carboxylic acids is 1. The van der Waals surface area contributed by atoms with Gasteiger partial charge in [0.25, 0.3) is 0 Å². The van der Waals surface area contributed by atoms with Crippen molar-refractivity contribution < 1.29 is 108 Å². The van der Waals surface area contributed by atoms with Crippen molar-refractivity contribution in [3.63, 3.8) is 0 Å². The molecule has 0 aliphatic rings. The quantitative estimate of drug-likeness (QED) is 0.00418. The molecule has 24 nitrogen and oxygen atoms in total. The summed E-state index contributed by atoms with van der Waals surface area (Å²) < 4.78 is 34.8. The van der Waals surface area contributed by atoms with Crippen LogP contribution < -0.4 is 87.6 Å². The number of hydrogen-bond acceptors (Lipinski definition) is 20. The topological polar surface area (TPSA) is 366 Å². The molecule has 0 saturated heterocycles. The minimum Gasteiger partial charge on any atom is -0.870 e. The Labute approximate surface area is 1000 Å². The van der Waals surface area contributed by atoms with Crippen molar-refractivity contribution in [1.29, 1.82) is 0 Å². The van der Waals surface area contributed by atoms with Gasteiger partial charge in [0, 0.05) is 181 Å². The Morgan fingerprint density at radius 3 is 0.980 bits per heavy atom. The van der Waals surface area contributed by atoms with E-state index in [-0.39, 0.29) is 194 Å². The maximum Gasteiger partial charge on any atom is 1.00 e. The van der Waals surface area contributed by atoms with Gasteiger partial charge in [-0.1, -0.05) is 321 Å². The van der Waals surface area contributed by atoms with E-state index in [9.17, 15) is 14.4 Å². The monoisotopic (exact) mass is 2300 g/mol. The largest absolute Gasteiger partial charge is 1.00 e. The minimum absolute atomic E-state index is 0. The third-order valence-corrected chi connectivity index (χ3v) is 27.6. The maximum atomic E-state index is 12.0. The van der Waals surface area contributed by atoms with Crippen LogP contribution in [0.5, 0.6) is 17.2 Å². The maximum absolute atomic E-state index is 12.0. The van der Waals surface area contributed by atoms with Crippen LogP contribution in [0.3, 0.4) is 0 Å². The molecule has 18 rings (SSSR count). The van der Waals surface area contributed by atoms with Crippen LogP contribution in [0.15, 0.2) is 387 Å². The molecule has 0 aliphatic carbocycles. The van der Waals surface area contributed by atoms with Crippen molar-refractivity contribution in [3.8, 4) is 39.5 Å². The molecule has 0 saturated carbocycles. The molecular weight excluding hydrogens is 2190 g/mol. The number of carbonyl (C=O) groups is 3. The third kappa shape index (κ3) is 40.5. The van der Waals surface area contributed by atoms with Crippen LogP contribution in [0.4, 0.5) is 0 Å². The van der Waals surface area contributed by atoms with E-state index in [1.54, 1.807) is 44.2 Å². The Kier molecular flexibility index (Phi) is 61.6. The Bertz CT molecular complexity index is 6770. The van der Waals surface area contributed by atoms with Gasteiger partial charge < -0.3 is 71.2 Å². The predicted octanol–water partition coefficient (Wildman–Crippen LogP) is 16.1. The molecule has 762 valence electrons. The average Bonchev–Trinajstić information content (AvgIpc) is 1.65. The summed E-state index contributed by atoms with van der Waals surface area (Å²) in [6, 6.07) is 123. The molecule has 0 aliphatic heterocycles. The summed E-state index contributed by atoms with van der Waals surface area (Å²) in [7, 11) is 13.1. The van der Waals surface area contributed by atoms with Crippen LogP contribution in [0, 0.1) is 0 Å². The number of esters is 2. The summed E-state index contributed by atoms with van der Waals surface area (Å²) in [4.78, 5) is 46.1. The van der Waals surface area contributed by atoms with Gasteiger partial charge in [0.15, 0.2) is 0 Å². The number of ether oxygens (including phenoxy) is 5. The fraction of sp³-hybridized carbons (Fsp3) is 0.149. The number of fused-ring (bicyclic) bond motifs is 3. The van der Waals surface area contributed by atoms with Crippen molar-refractivity contribution in [2.75, 3.05) is 13.2 Å². The molecule has 3 aromatic heterocycles. The molecule has 0 spiro atoms. The molecule has 0 amide bonds. The van der Waals surface area contributed by atoms with Gasteiger partial charge in [-0.15, -0.1) is 12.4 Å². The van der Waals surface area contributed by atoms with Gasteiger partial charge in [0.2, 0.25) is 0 Å². The van der Waals surface area contributed by atoms with E-state index in [1.165, 1.54) is 31.8 Å². The summed E-state index contributed by atoms with van der Waals surface area (Å²) in [5.74, 6) is 0.551. The number of nitrogens with zero attached hydrogens (tertiary/aromatic N) is 6. The molecule has 0 unspecified atom stereocenters. The Morgan fingerprint density at radius 2 is 0.685 bits per heavy atom. The molecule has 0 bridgehead atoms. The van der Waals surface area contributed by atoms with Crippen molar-refractivity contribution in [3.05, 3.63) is 437 Å². The number of aryl methyl sites for hydroxylation is 3. The molecular formula is C114H116BBrCl3K2LiN9O15P2Pd-. The van der Waals surface area contributed by atoms with Crippen LogP contribution in [0.1, 0.15) is 71.3 Å². The molecule has 0 atom stereocenters. The molecule has 18 aromatic rings. The van der Waals surface area contributed by atoms with Gasteiger partial charge in [0.1, 0.15) is 37.1 Å². The van der Waals surface area contributed by atoms with Gasteiger partial charge in [-0.25, -0.2) is 5.26 Å². The molecule has 35 heteroatoms. The summed E-state index contributed by atoms with van der Waals surface area (Å²) in [6.45, 7) is 7.55.